The van der Waals surface area contributed by atoms with E-state index in [0.717, 1.165) is 22.6 Å². The highest BCUT2D eigenvalue weighted by atomic mass is 16.5. The first-order chi connectivity index (χ1) is 8.52. The van der Waals surface area contributed by atoms with Crippen LogP contribution in [0.25, 0.3) is 11.3 Å². The Bertz CT molecular complexity index is 594. The summed E-state index contributed by atoms with van der Waals surface area (Å²) in [4.78, 5) is 0. The number of benzene rings is 1. The normalized spacial score (nSPS) is 10.4. The molecule has 0 aliphatic carbocycles. The maximum absolute atomic E-state index is 5.69. The zero-order chi connectivity index (χ0) is 13.3. The van der Waals surface area contributed by atoms with Gasteiger partial charge in [-0.15, -0.1) is 10.2 Å². The first-order valence-corrected chi connectivity index (χ1v) is 5.78. The van der Waals surface area contributed by atoms with Crippen molar-refractivity contribution >= 4 is 5.82 Å². The molecule has 0 aliphatic rings. The average molecular weight is 243 g/mol. The number of nitrogens with two attached hydrogens (primary N) is 1. The second kappa shape index (κ2) is 4.64. The Morgan fingerprint density at radius 3 is 2.22 bits per heavy atom. The molecule has 4 nitrogen and oxygen atoms in total. The molecule has 1 aromatic heterocycles. The van der Waals surface area contributed by atoms with Crippen molar-refractivity contribution in [2.24, 2.45) is 0 Å². The van der Waals surface area contributed by atoms with E-state index in [1.165, 1.54) is 11.1 Å². The van der Waals surface area contributed by atoms with Crippen molar-refractivity contribution in [1.82, 2.24) is 10.2 Å². The fourth-order valence-corrected chi connectivity index (χ4v) is 1.78. The van der Waals surface area contributed by atoms with Crippen LogP contribution >= 0.6 is 0 Å². The lowest BCUT2D eigenvalue weighted by molar-refractivity contribution is 0.416. The molecule has 4 heteroatoms. The molecule has 18 heavy (non-hydrogen) atoms. The lowest BCUT2D eigenvalue weighted by Gasteiger charge is -2.11. The minimum absolute atomic E-state index is 0.460. The predicted molar refractivity (Wildman–Crippen MR) is 72.6 cm³/mol. The van der Waals surface area contributed by atoms with Gasteiger partial charge in [0.2, 0.25) is 0 Å². The van der Waals surface area contributed by atoms with Gasteiger partial charge in [-0.25, -0.2) is 0 Å². The summed E-state index contributed by atoms with van der Waals surface area (Å²) < 4.78 is 5.41. The second-order valence-corrected chi connectivity index (χ2v) is 4.43. The van der Waals surface area contributed by atoms with Crippen LogP contribution < -0.4 is 10.5 Å². The molecule has 0 bridgehead atoms. The second-order valence-electron chi connectivity index (χ2n) is 4.43. The number of hydrogen-bond acceptors (Lipinski definition) is 4. The van der Waals surface area contributed by atoms with E-state index in [4.69, 9.17) is 10.5 Å². The number of ether oxygens (including phenoxy) is 1. The van der Waals surface area contributed by atoms with Gasteiger partial charge in [0.25, 0.3) is 0 Å². The van der Waals surface area contributed by atoms with Gasteiger partial charge in [0.15, 0.2) is 0 Å². The number of aromatic nitrogens is 2. The minimum Gasteiger partial charge on any atom is -0.496 e. The standard InChI is InChI=1S/C14H17N3O/c1-8-5-11(13(18-4)7-9(8)2)12-6-10(3)14(15)17-16-12/h5-7H,1-4H3,(H2,15,17). The SMILES string of the molecule is COc1cc(C)c(C)cc1-c1cc(C)c(N)nn1. The van der Waals surface area contributed by atoms with Gasteiger partial charge in [-0.05, 0) is 55.7 Å². The third-order valence-electron chi connectivity index (χ3n) is 3.11. The number of hydrogen-bond donors (Lipinski definition) is 1. The van der Waals surface area contributed by atoms with Gasteiger partial charge >= 0.3 is 0 Å². The topological polar surface area (TPSA) is 61.0 Å². The summed E-state index contributed by atoms with van der Waals surface area (Å²) in [6, 6.07) is 6.00. The van der Waals surface area contributed by atoms with Crippen molar-refractivity contribution in [3.63, 3.8) is 0 Å². The zero-order valence-electron chi connectivity index (χ0n) is 11.1. The maximum Gasteiger partial charge on any atom is 0.149 e. The molecule has 0 saturated carbocycles. The van der Waals surface area contributed by atoms with Crippen molar-refractivity contribution in [2.75, 3.05) is 12.8 Å². The van der Waals surface area contributed by atoms with Gasteiger partial charge in [-0.3, -0.25) is 0 Å². The number of nitrogens with zero attached hydrogens (tertiary/aromatic N) is 2. The van der Waals surface area contributed by atoms with E-state index in [1.807, 2.05) is 19.1 Å². The van der Waals surface area contributed by atoms with Crippen LogP contribution in [0.2, 0.25) is 0 Å². The molecule has 1 aromatic carbocycles. The van der Waals surface area contributed by atoms with Gasteiger partial charge < -0.3 is 10.5 Å². The minimum atomic E-state index is 0.460. The van der Waals surface area contributed by atoms with Crippen LogP contribution in [0.3, 0.4) is 0 Å². The van der Waals surface area contributed by atoms with Gasteiger partial charge in [0.05, 0.1) is 12.8 Å². The third kappa shape index (κ3) is 2.14. The van der Waals surface area contributed by atoms with Crippen LogP contribution in [0.4, 0.5) is 5.82 Å². The van der Waals surface area contributed by atoms with Crippen molar-refractivity contribution < 1.29 is 4.74 Å². The van der Waals surface area contributed by atoms with Gasteiger partial charge in [-0.2, -0.15) is 0 Å². The molecule has 0 saturated heterocycles. The monoisotopic (exact) mass is 243 g/mol. The summed E-state index contributed by atoms with van der Waals surface area (Å²) in [6.07, 6.45) is 0. The fraction of sp³-hybridized carbons (Fsp3) is 0.286. The van der Waals surface area contributed by atoms with Gasteiger partial charge in [0, 0.05) is 5.56 Å². The highest BCUT2D eigenvalue weighted by Crippen LogP contribution is 2.31. The van der Waals surface area contributed by atoms with Crippen molar-refractivity contribution in [3.8, 4) is 17.0 Å². The Kier molecular flexibility index (Phi) is 3.19. The van der Waals surface area contributed by atoms with E-state index >= 15 is 0 Å². The summed E-state index contributed by atoms with van der Waals surface area (Å²) in [7, 11) is 1.66. The molecule has 0 fully saturated rings. The maximum atomic E-state index is 5.69. The zero-order valence-corrected chi connectivity index (χ0v) is 11.1. The quantitative estimate of drug-likeness (QED) is 0.880. The molecule has 2 rings (SSSR count). The smallest absolute Gasteiger partial charge is 0.149 e. The van der Waals surface area contributed by atoms with E-state index in [1.54, 1.807) is 7.11 Å². The molecule has 2 N–H and O–H groups in total. The lowest BCUT2D eigenvalue weighted by Crippen LogP contribution is -1.99. The number of rotatable bonds is 2. The number of anilines is 1. The van der Waals surface area contributed by atoms with Gasteiger partial charge in [0.1, 0.15) is 11.6 Å². The van der Waals surface area contributed by atoms with E-state index in [2.05, 4.69) is 30.1 Å². The van der Waals surface area contributed by atoms with E-state index in [-0.39, 0.29) is 0 Å². The molecular weight excluding hydrogens is 226 g/mol. The average Bonchev–Trinajstić information content (AvgIpc) is 2.35. The van der Waals surface area contributed by atoms with Crippen molar-refractivity contribution in [2.45, 2.75) is 20.8 Å². The molecule has 0 aliphatic heterocycles. The summed E-state index contributed by atoms with van der Waals surface area (Å²) in [5, 5.41) is 8.09. The van der Waals surface area contributed by atoms with Crippen molar-refractivity contribution in [1.29, 1.82) is 0 Å². The molecule has 0 spiro atoms. The predicted octanol–water partition coefficient (Wildman–Crippen LogP) is 2.66. The molecular formula is C14H17N3O. The molecule has 0 atom stereocenters. The molecule has 94 valence electrons. The van der Waals surface area contributed by atoms with Crippen LogP contribution in [0.15, 0.2) is 18.2 Å². The number of aryl methyl sites for hydroxylation is 3. The summed E-state index contributed by atoms with van der Waals surface area (Å²) in [5.74, 6) is 1.26. The highest BCUT2D eigenvalue weighted by molar-refractivity contribution is 5.70. The Hall–Kier alpha value is -2.10. The van der Waals surface area contributed by atoms with Crippen LogP contribution in [-0.2, 0) is 0 Å². The van der Waals surface area contributed by atoms with Crippen LogP contribution in [0.1, 0.15) is 16.7 Å². The first-order valence-electron chi connectivity index (χ1n) is 5.78. The first kappa shape index (κ1) is 12.4. The van der Waals surface area contributed by atoms with Crippen molar-refractivity contribution in [3.05, 3.63) is 34.9 Å². The van der Waals surface area contributed by atoms with Crippen LogP contribution in [0.5, 0.6) is 5.75 Å². The Balaban J connectivity index is 2.62. The molecule has 0 unspecified atom stereocenters. The van der Waals surface area contributed by atoms with E-state index < -0.39 is 0 Å². The number of nitrogen functional groups attached to an aromatic ring is 1. The van der Waals surface area contributed by atoms with Gasteiger partial charge in [-0.1, -0.05) is 0 Å². The number of methoxy groups -OCH3 is 1. The molecule has 2 aromatic rings. The van der Waals surface area contributed by atoms with Crippen LogP contribution in [-0.4, -0.2) is 17.3 Å². The summed E-state index contributed by atoms with van der Waals surface area (Å²) in [6.45, 7) is 6.04. The highest BCUT2D eigenvalue weighted by Gasteiger charge is 2.11. The molecule has 0 amide bonds. The van der Waals surface area contributed by atoms with Crippen LogP contribution in [0, 0.1) is 20.8 Å². The van der Waals surface area contributed by atoms with E-state index in [9.17, 15) is 0 Å². The Morgan fingerprint density at radius 2 is 1.61 bits per heavy atom. The summed E-state index contributed by atoms with van der Waals surface area (Å²) in [5.41, 5.74) is 10.7. The third-order valence-corrected chi connectivity index (χ3v) is 3.11. The Labute approximate surface area is 107 Å². The summed E-state index contributed by atoms with van der Waals surface area (Å²) >= 11 is 0. The molecule has 1 heterocycles. The lowest BCUT2D eigenvalue weighted by atomic mass is 10.0. The molecule has 0 radical (unpaired) electrons. The fourth-order valence-electron chi connectivity index (χ4n) is 1.78. The largest absolute Gasteiger partial charge is 0.496 e. The van der Waals surface area contributed by atoms with E-state index in [0.29, 0.717) is 5.82 Å². The Morgan fingerprint density at radius 1 is 0.944 bits per heavy atom.